The Labute approximate surface area is 167 Å². The fourth-order valence-electron chi connectivity index (χ4n) is 5.65. The minimum atomic E-state index is -0.0164. The van der Waals surface area contributed by atoms with Crippen molar-refractivity contribution in [3.05, 3.63) is 41.2 Å². The Bertz CT molecular complexity index is 667. The average molecular weight is 360 g/mol. The second-order valence-electron chi connectivity index (χ2n) is 9.29. The number of hydrogen-bond acceptors (Lipinski definition) is 0. The van der Waals surface area contributed by atoms with Crippen molar-refractivity contribution < 1.29 is 4.39 Å². The molecule has 1 aromatic carbocycles. The molecular formula is C24H31B2F. The van der Waals surface area contributed by atoms with Crippen molar-refractivity contribution in [3.8, 4) is 0 Å². The Kier molecular flexibility index (Phi) is 6.15. The summed E-state index contributed by atoms with van der Waals surface area (Å²) in [6.07, 6.45) is 14.9. The van der Waals surface area contributed by atoms with Crippen molar-refractivity contribution in [3.63, 3.8) is 0 Å². The van der Waals surface area contributed by atoms with E-state index in [1.807, 2.05) is 6.07 Å². The van der Waals surface area contributed by atoms with E-state index in [1.54, 1.807) is 6.07 Å². The molecular weight excluding hydrogens is 329 g/mol. The second-order valence-corrected chi connectivity index (χ2v) is 9.29. The zero-order valence-electron chi connectivity index (χ0n) is 16.5. The zero-order chi connectivity index (χ0) is 18.8. The number of allylic oxidation sites excluding steroid dienone is 2. The molecule has 4 rings (SSSR count). The van der Waals surface area contributed by atoms with E-state index in [9.17, 15) is 4.39 Å². The number of halogens is 1. The average Bonchev–Trinajstić information content (AvgIpc) is 2.69. The quantitative estimate of drug-likeness (QED) is 0.522. The lowest BCUT2D eigenvalue weighted by Crippen LogP contribution is -2.21. The van der Waals surface area contributed by atoms with E-state index in [4.69, 9.17) is 15.7 Å². The summed E-state index contributed by atoms with van der Waals surface area (Å²) in [6.45, 7) is 0. The fourth-order valence-corrected chi connectivity index (χ4v) is 5.65. The van der Waals surface area contributed by atoms with Gasteiger partial charge in [-0.05, 0) is 72.6 Å². The SMILES string of the molecule is [B]C1CCC(c2ccc(C3=CCC(C4CCC([B])CC4)CC3)cc2F)CC1. The van der Waals surface area contributed by atoms with E-state index < -0.39 is 0 Å². The first kappa shape index (κ1) is 19.3. The van der Waals surface area contributed by atoms with Crippen molar-refractivity contribution in [1.82, 2.24) is 0 Å². The minimum absolute atomic E-state index is 0.0164. The lowest BCUT2D eigenvalue weighted by molar-refractivity contribution is 0.236. The molecule has 3 aliphatic carbocycles. The molecule has 27 heavy (non-hydrogen) atoms. The maximum absolute atomic E-state index is 14.8. The molecule has 2 saturated carbocycles. The van der Waals surface area contributed by atoms with Gasteiger partial charge in [-0.2, -0.15) is 0 Å². The van der Waals surface area contributed by atoms with Gasteiger partial charge in [0.25, 0.3) is 0 Å². The van der Waals surface area contributed by atoms with Crippen LogP contribution >= 0.6 is 0 Å². The first-order valence-corrected chi connectivity index (χ1v) is 11.1. The van der Waals surface area contributed by atoms with E-state index in [2.05, 4.69) is 12.1 Å². The molecule has 2 fully saturated rings. The van der Waals surface area contributed by atoms with Crippen molar-refractivity contribution >= 4 is 21.3 Å². The highest BCUT2D eigenvalue weighted by Crippen LogP contribution is 2.43. The maximum Gasteiger partial charge on any atom is 0.127 e. The van der Waals surface area contributed by atoms with Gasteiger partial charge in [-0.1, -0.05) is 68.4 Å². The monoisotopic (exact) mass is 360 g/mol. The molecule has 3 heteroatoms. The van der Waals surface area contributed by atoms with Crippen LogP contribution in [0.5, 0.6) is 0 Å². The van der Waals surface area contributed by atoms with Gasteiger partial charge < -0.3 is 0 Å². The summed E-state index contributed by atoms with van der Waals surface area (Å²) in [6, 6.07) is 5.98. The van der Waals surface area contributed by atoms with Gasteiger partial charge in [-0.3, -0.25) is 0 Å². The largest absolute Gasteiger partial charge is 0.207 e. The molecule has 140 valence electrons. The molecule has 0 amide bonds. The third kappa shape index (κ3) is 4.54. The topological polar surface area (TPSA) is 0 Å². The lowest BCUT2D eigenvalue weighted by atomic mass is 9.66. The van der Waals surface area contributed by atoms with Crippen LogP contribution in [0.25, 0.3) is 5.57 Å². The number of rotatable bonds is 3. The third-order valence-corrected chi connectivity index (χ3v) is 7.52. The molecule has 0 saturated heterocycles. The summed E-state index contributed by atoms with van der Waals surface area (Å²) < 4.78 is 14.8. The summed E-state index contributed by atoms with van der Waals surface area (Å²) in [4.78, 5) is 0. The van der Waals surface area contributed by atoms with Gasteiger partial charge in [0, 0.05) is 0 Å². The van der Waals surface area contributed by atoms with Gasteiger partial charge in [0.05, 0.1) is 15.7 Å². The molecule has 1 aromatic rings. The van der Waals surface area contributed by atoms with Crippen molar-refractivity contribution in [2.24, 2.45) is 11.8 Å². The standard InChI is InChI=1S/C24H31B2F/c25-21-10-5-17(6-11-21)16-1-3-18(4-2-16)20-9-14-23(24(27)15-20)19-7-12-22(26)13-8-19/h3,9,14-17,19,21-22H,1-2,4-8,10-13H2. The summed E-state index contributed by atoms with van der Waals surface area (Å²) >= 11 is 0. The molecule has 0 nitrogen and oxygen atoms in total. The van der Waals surface area contributed by atoms with E-state index in [0.717, 1.165) is 61.5 Å². The number of benzene rings is 1. The highest BCUT2D eigenvalue weighted by Gasteiger charge is 2.28. The normalized spacial score (nSPS) is 34.9. The van der Waals surface area contributed by atoms with Crippen LogP contribution in [0.4, 0.5) is 4.39 Å². The summed E-state index contributed by atoms with van der Waals surface area (Å²) in [5, 5.41) is 0. The maximum atomic E-state index is 14.8. The smallest absolute Gasteiger partial charge is 0.127 e. The van der Waals surface area contributed by atoms with Crippen LogP contribution in [0.3, 0.4) is 0 Å². The zero-order valence-corrected chi connectivity index (χ0v) is 16.5. The fraction of sp³-hybridized carbons (Fsp3) is 0.667. The van der Waals surface area contributed by atoms with Gasteiger partial charge in [0.15, 0.2) is 0 Å². The van der Waals surface area contributed by atoms with Crippen molar-refractivity contribution in [2.45, 2.75) is 88.2 Å². The molecule has 0 aromatic heterocycles. The molecule has 1 atom stereocenters. The highest BCUT2D eigenvalue weighted by atomic mass is 19.1. The molecule has 0 heterocycles. The van der Waals surface area contributed by atoms with Crippen LogP contribution in [0.1, 0.15) is 87.7 Å². The Balaban J connectivity index is 1.40. The first-order chi connectivity index (χ1) is 13.1. The van der Waals surface area contributed by atoms with E-state index in [1.165, 1.54) is 37.7 Å². The molecule has 0 N–H and O–H groups in total. The highest BCUT2D eigenvalue weighted by molar-refractivity contribution is 6.11. The first-order valence-electron chi connectivity index (χ1n) is 11.1. The molecule has 0 spiro atoms. The molecule has 1 unspecified atom stereocenters. The Morgan fingerprint density at radius 2 is 1.44 bits per heavy atom. The molecule has 4 radical (unpaired) electrons. The van der Waals surface area contributed by atoms with Crippen molar-refractivity contribution in [2.75, 3.05) is 0 Å². The Morgan fingerprint density at radius 1 is 0.778 bits per heavy atom. The van der Waals surface area contributed by atoms with Gasteiger partial charge >= 0.3 is 0 Å². The molecule has 0 bridgehead atoms. The summed E-state index contributed by atoms with van der Waals surface area (Å²) in [5.41, 5.74) is 3.33. The lowest BCUT2D eigenvalue weighted by Gasteiger charge is -2.34. The molecule has 3 aliphatic rings. The van der Waals surface area contributed by atoms with Crippen LogP contribution in [0.15, 0.2) is 24.3 Å². The second kappa shape index (κ2) is 8.58. The molecule has 0 aliphatic heterocycles. The predicted octanol–water partition coefficient (Wildman–Crippen LogP) is 6.77. The van der Waals surface area contributed by atoms with E-state index in [0.29, 0.717) is 17.6 Å². The van der Waals surface area contributed by atoms with Crippen molar-refractivity contribution in [1.29, 1.82) is 0 Å². The van der Waals surface area contributed by atoms with Gasteiger partial charge in [0.1, 0.15) is 5.82 Å². The third-order valence-electron chi connectivity index (χ3n) is 7.52. The van der Waals surface area contributed by atoms with Gasteiger partial charge in [0.2, 0.25) is 0 Å². The van der Waals surface area contributed by atoms with Crippen LogP contribution in [0.2, 0.25) is 11.6 Å². The van der Waals surface area contributed by atoms with Gasteiger partial charge in [-0.25, -0.2) is 4.39 Å². The summed E-state index contributed by atoms with van der Waals surface area (Å²) in [7, 11) is 12.1. The van der Waals surface area contributed by atoms with Crippen LogP contribution in [0, 0.1) is 17.7 Å². The van der Waals surface area contributed by atoms with E-state index in [-0.39, 0.29) is 5.82 Å². The van der Waals surface area contributed by atoms with Gasteiger partial charge in [-0.15, -0.1) is 0 Å². The Hall–Kier alpha value is -0.980. The Morgan fingerprint density at radius 3 is 2.04 bits per heavy atom. The van der Waals surface area contributed by atoms with Crippen LogP contribution in [-0.2, 0) is 0 Å². The summed E-state index contributed by atoms with van der Waals surface area (Å²) in [5.74, 6) is 2.72. The van der Waals surface area contributed by atoms with E-state index >= 15 is 0 Å². The van der Waals surface area contributed by atoms with Crippen LogP contribution in [-0.4, -0.2) is 15.7 Å². The predicted molar refractivity (Wildman–Crippen MR) is 114 cm³/mol. The number of hydrogen-bond donors (Lipinski definition) is 0. The minimum Gasteiger partial charge on any atom is -0.207 e. The van der Waals surface area contributed by atoms with Crippen LogP contribution < -0.4 is 0 Å².